The van der Waals surface area contributed by atoms with Crippen LogP contribution in [0, 0.1) is 12.7 Å². The molecule has 3 aromatic carbocycles. The molecule has 29 heavy (non-hydrogen) atoms. The van der Waals surface area contributed by atoms with Gasteiger partial charge in [-0.3, -0.25) is 9.59 Å². The molecule has 0 aliphatic rings. The monoisotopic (exact) mass is 392 g/mol. The molecule has 2 amide bonds. The molecule has 6 heteroatoms. The number of benzene rings is 3. The Labute approximate surface area is 168 Å². The van der Waals surface area contributed by atoms with Crippen LogP contribution < -0.4 is 15.4 Å². The van der Waals surface area contributed by atoms with E-state index in [2.05, 4.69) is 10.6 Å². The van der Waals surface area contributed by atoms with E-state index < -0.39 is 11.7 Å². The van der Waals surface area contributed by atoms with Crippen LogP contribution in [0.2, 0.25) is 0 Å². The SMILES string of the molecule is COc1ccc(NC(=O)Cc2ccccc2C)cc1NC(=O)c1cccc(F)c1. The fraction of sp³-hybridized carbons (Fsp3) is 0.130. The summed E-state index contributed by atoms with van der Waals surface area (Å²) in [5, 5.41) is 5.52. The lowest BCUT2D eigenvalue weighted by molar-refractivity contribution is -0.115. The predicted molar refractivity (Wildman–Crippen MR) is 111 cm³/mol. The van der Waals surface area contributed by atoms with Crippen molar-refractivity contribution >= 4 is 23.2 Å². The Balaban J connectivity index is 1.75. The van der Waals surface area contributed by atoms with Gasteiger partial charge >= 0.3 is 0 Å². The maximum absolute atomic E-state index is 13.4. The van der Waals surface area contributed by atoms with Gasteiger partial charge < -0.3 is 15.4 Å². The first kappa shape index (κ1) is 20.1. The van der Waals surface area contributed by atoms with E-state index >= 15 is 0 Å². The number of amides is 2. The second-order valence-corrected chi connectivity index (χ2v) is 6.53. The highest BCUT2D eigenvalue weighted by Gasteiger charge is 2.13. The van der Waals surface area contributed by atoms with Gasteiger partial charge in [-0.1, -0.05) is 30.3 Å². The molecule has 0 atom stereocenters. The fourth-order valence-electron chi connectivity index (χ4n) is 2.89. The zero-order valence-corrected chi connectivity index (χ0v) is 16.2. The standard InChI is InChI=1S/C23H21FN2O3/c1-15-6-3-4-7-16(15)13-22(27)25-19-10-11-21(29-2)20(14-19)26-23(28)17-8-5-9-18(24)12-17/h3-12,14H,13H2,1-2H3,(H,25,27)(H,26,28). The lowest BCUT2D eigenvalue weighted by Gasteiger charge is -2.13. The maximum Gasteiger partial charge on any atom is 0.255 e. The van der Waals surface area contributed by atoms with Gasteiger partial charge in [0.15, 0.2) is 0 Å². The molecule has 2 N–H and O–H groups in total. The summed E-state index contributed by atoms with van der Waals surface area (Å²) in [7, 11) is 1.48. The van der Waals surface area contributed by atoms with Crippen LogP contribution in [0.1, 0.15) is 21.5 Å². The average Bonchev–Trinajstić information content (AvgIpc) is 2.70. The second kappa shape index (κ2) is 9.01. The Kier molecular flexibility index (Phi) is 6.24. The number of hydrogen-bond acceptors (Lipinski definition) is 3. The van der Waals surface area contributed by atoms with Gasteiger partial charge in [-0.05, 0) is 54.4 Å². The first-order chi connectivity index (χ1) is 14.0. The average molecular weight is 392 g/mol. The molecule has 0 bridgehead atoms. The molecule has 5 nitrogen and oxygen atoms in total. The van der Waals surface area contributed by atoms with Crippen molar-refractivity contribution in [1.29, 1.82) is 0 Å². The molecule has 0 spiro atoms. The van der Waals surface area contributed by atoms with Crippen LogP contribution in [-0.2, 0) is 11.2 Å². The Morgan fingerprint density at radius 3 is 2.48 bits per heavy atom. The van der Waals surface area contributed by atoms with Crippen molar-refractivity contribution in [3.05, 3.63) is 89.2 Å². The van der Waals surface area contributed by atoms with Crippen molar-refractivity contribution in [1.82, 2.24) is 0 Å². The maximum atomic E-state index is 13.4. The van der Waals surface area contributed by atoms with E-state index in [1.807, 2.05) is 31.2 Å². The van der Waals surface area contributed by atoms with E-state index in [0.29, 0.717) is 17.1 Å². The molecule has 0 radical (unpaired) electrons. The van der Waals surface area contributed by atoms with Gasteiger partial charge in [-0.2, -0.15) is 0 Å². The molecule has 0 aromatic heterocycles. The van der Waals surface area contributed by atoms with Gasteiger partial charge in [0.05, 0.1) is 19.2 Å². The number of halogens is 1. The summed E-state index contributed by atoms with van der Waals surface area (Å²) in [4.78, 5) is 24.8. The number of anilines is 2. The molecule has 0 fully saturated rings. The summed E-state index contributed by atoms with van der Waals surface area (Å²) in [5.41, 5.74) is 3.05. The van der Waals surface area contributed by atoms with Crippen molar-refractivity contribution in [3.8, 4) is 5.75 Å². The Morgan fingerprint density at radius 2 is 1.76 bits per heavy atom. The molecule has 0 aliphatic carbocycles. The van der Waals surface area contributed by atoms with Crippen molar-refractivity contribution < 1.29 is 18.7 Å². The molecule has 0 saturated carbocycles. The number of ether oxygens (including phenoxy) is 1. The highest BCUT2D eigenvalue weighted by atomic mass is 19.1. The Morgan fingerprint density at radius 1 is 0.966 bits per heavy atom. The third-order valence-corrected chi connectivity index (χ3v) is 4.43. The van der Waals surface area contributed by atoms with E-state index in [4.69, 9.17) is 4.74 Å². The normalized spacial score (nSPS) is 10.3. The van der Waals surface area contributed by atoms with Crippen LogP contribution in [0.15, 0.2) is 66.7 Å². The van der Waals surface area contributed by atoms with Crippen molar-refractivity contribution in [2.24, 2.45) is 0 Å². The first-order valence-corrected chi connectivity index (χ1v) is 9.05. The molecule has 3 rings (SSSR count). The van der Waals surface area contributed by atoms with Crippen LogP contribution in [0.25, 0.3) is 0 Å². The summed E-state index contributed by atoms with van der Waals surface area (Å²) in [6.45, 7) is 1.95. The third-order valence-electron chi connectivity index (χ3n) is 4.43. The molecule has 0 heterocycles. The van der Waals surface area contributed by atoms with Gasteiger partial charge in [0.25, 0.3) is 5.91 Å². The summed E-state index contributed by atoms with van der Waals surface area (Å²) in [6, 6.07) is 18.0. The number of carbonyl (C=O) groups is 2. The summed E-state index contributed by atoms with van der Waals surface area (Å²) in [5.74, 6) is -0.730. The number of hydrogen-bond donors (Lipinski definition) is 2. The van der Waals surface area contributed by atoms with Gasteiger partial charge in [0.1, 0.15) is 11.6 Å². The van der Waals surface area contributed by atoms with Crippen LogP contribution in [0.3, 0.4) is 0 Å². The molecule has 0 aliphatic heterocycles. The van der Waals surface area contributed by atoms with Gasteiger partial charge in [-0.15, -0.1) is 0 Å². The number of nitrogens with one attached hydrogen (secondary N) is 2. The largest absolute Gasteiger partial charge is 0.495 e. The summed E-state index contributed by atoms with van der Waals surface area (Å²) >= 11 is 0. The molecule has 0 unspecified atom stereocenters. The van der Waals surface area contributed by atoms with Crippen LogP contribution in [0.5, 0.6) is 5.75 Å². The van der Waals surface area contributed by atoms with E-state index in [9.17, 15) is 14.0 Å². The highest BCUT2D eigenvalue weighted by Crippen LogP contribution is 2.28. The minimum Gasteiger partial charge on any atom is -0.495 e. The van der Waals surface area contributed by atoms with Crippen LogP contribution in [0.4, 0.5) is 15.8 Å². The first-order valence-electron chi connectivity index (χ1n) is 9.05. The number of aryl methyl sites for hydroxylation is 1. The quantitative estimate of drug-likeness (QED) is 0.645. The zero-order valence-electron chi connectivity index (χ0n) is 16.2. The molecular weight excluding hydrogens is 371 g/mol. The third kappa shape index (κ3) is 5.19. The lowest BCUT2D eigenvalue weighted by Crippen LogP contribution is -2.16. The van der Waals surface area contributed by atoms with Gasteiger partial charge in [0, 0.05) is 11.3 Å². The molecular formula is C23H21FN2O3. The molecule has 148 valence electrons. The highest BCUT2D eigenvalue weighted by molar-refractivity contribution is 6.05. The second-order valence-electron chi connectivity index (χ2n) is 6.53. The molecule has 0 saturated heterocycles. The van der Waals surface area contributed by atoms with E-state index in [0.717, 1.165) is 17.2 Å². The van der Waals surface area contributed by atoms with E-state index in [-0.39, 0.29) is 17.9 Å². The molecule has 3 aromatic rings. The lowest BCUT2D eigenvalue weighted by atomic mass is 10.1. The number of rotatable bonds is 6. The van der Waals surface area contributed by atoms with Crippen molar-refractivity contribution in [2.75, 3.05) is 17.7 Å². The Bertz CT molecular complexity index is 1050. The van der Waals surface area contributed by atoms with Crippen LogP contribution in [-0.4, -0.2) is 18.9 Å². The van der Waals surface area contributed by atoms with Gasteiger partial charge in [-0.25, -0.2) is 4.39 Å². The summed E-state index contributed by atoms with van der Waals surface area (Å²) < 4.78 is 18.7. The van der Waals surface area contributed by atoms with Crippen molar-refractivity contribution in [3.63, 3.8) is 0 Å². The minimum atomic E-state index is -0.498. The predicted octanol–water partition coefficient (Wildman–Crippen LogP) is 4.58. The number of methoxy groups -OCH3 is 1. The zero-order chi connectivity index (χ0) is 20.8. The van der Waals surface area contributed by atoms with Crippen molar-refractivity contribution in [2.45, 2.75) is 13.3 Å². The topological polar surface area (TPSA) is 67.4 Å². The summed E-state index contributed by atoms with van der Waals surface area (Å²) in [6.07, 6.45) is 0.240. The fourth-order valence-corrected chi connectivity index (χ4v) is 2.89. The van der Waals surface area contributed by atoms with E-state index in [1.165, 1.54) is 25.3 Å². The van der Waals surface area contributed by atoms with Crippen LogP contribution >= 0.6 is 0 Å². The van der Waals surface area contributed by atoms with Gasteiger partial charge in [0.2, 0.25) is 5.91 Å². The van der Waals surface area contributed by atoms with E-state index in [1.54, 1.807) is 18.2 Å². The smallest absolute Gasteiger partial charge is 0.255 e. The number of carbonyl (C=O) groups excluding carboxylic acids is 2. The minimum absolute atomic E-state index is 0.174. The Hall–Kier alpha value is -3.67.